The number of nitrogens with zero attached hydrogens (tertiary/aromatic N) is 2. The van der Waals surface area contributed by atoms with Gasteiger partial charge in [0.2, 0.25) is 0 Å². The van der Waals surface area contributed by atoms with Crippen molar-refractivity contribution in [2.75, 3.05) is 20.6 Å². The zero-order chi connectivity index (χ0) is 19.9. The first-order chi connectivity index (χ1) is 13.5. The van der Waals surface area contributed by atoms with Crippen molar-refractivity contribution in [3.8, 4) is 0 Å². The molecule has 1 aromatic heterocycles. The van der Waals surface area contributed by atoms with E-state index in [1.165, 1.54) is 23.9 Å². The molecule has 28 heavy (non-hydrogen) atoms. The van der Waals surface area contributed by atoms with Crippen molar-refractivity contribution in [2.45, 2.75) is 16.0 Å². The number of halogens is 1. The molecule has 0 unspecified atom stereocenters. The lowest BCUT2D eigenvalue weighted by Crippen LogP contribution is -2.34. The molecule has 6 heteroatoms. The van der Waals surface area contributed by atoms with Crippen molar-refractivity contribution in [3.63, 3.8) is 0 Å². The number of carbonyl (C=O) groups excluding carboxylic acids is 1. The molecule has 1 heterocycles. The van der Waals surface area contributed by atoms with Gasteiger partial charge >= 0.3 is 0 Å². The fourth-order valence-electron chi connectivity index (χ4n) is 2.84. The lowest BCUT2D eigenvalue weighted by molar-refractivity contribution is 0.0938. The first-order valence-electron chi connectivity index (χ1n) is 8.92. The summed E-state index contributed by atoms with van der Waals surface area (Å²) in [4.78, 5) is 20.2. The highest BCUT2D eigenvalue weighted by Gasteiger charge is 2.18. The van der Waals surface area contributed by atoms with Crippen LogP contribution in [0.5, 0.6) is 0 Å². The summed E-state index contributed by atoms with van der Waals surface area (Å²) < 4.78 is 13.6. The van der Waals surface area contributed by atoms with Crippen molar-refractivity contribution in [1.29, 1.82) is 0 Å². The van der Waals surface area contributed by atoms with Gasteiger partial charge < -0.3 is 10.2 Å². The zero-order valence-corrected chi connectivity index (χ0v) is 16.6. The van der Waals surface area contributed by atoms with Gasteiger partial charge in [0, 0.05) is 17.6 Å². The number of carbonyl (C=O) groups is 1. The smallest absolute Gasteiger partial charge is 0.254 e. The number of pyridine rings is 1. The van der Waals surface area contributed by atoms with Crippen molar-refractivity contribution in [2.24, 2.45) is 0 Å². The first-order valence-corrected chi connectivity index (χ1v) is 9.74. The number of rotatable bonds is 7. The van der Waals surface area contributed by atoms with E-state index in [9.17, 15) is 9.18 Å². The van der Waals surface area contributed by atoms with Crippen LogP contribution in [0.3, 0.4) is 0 Å². The molecular weight excluding hydrogens is 373 g/mol. The van der Waals surface area contributed by atoms with Gasteiger partial charge in [0.25, 0.3) is 5.91 Å². The summed E-state index contributed by atoms with van der Waals surface area (Å²) in [5.41, 5.74) is 1.34. The number of nitrogens with one attached hydrogen (secondary N) is 1. The quantitative estimate of drug-likeness (QED) is 0.644. The number of hydrogen-bond acceptors (Lipinski definition) is 4. The van der Waals surface area contributed by atoms with Gasteiger partial charge in [-0.3, -0.25) is 4.79 Å². The third-order valence-electron chi connectivity index (χ3n) is 4.29. The summed E-state index contributed by atoms with van der Waals surface area (Å²) in [5.74, 6) is -0.487. The molecule has 0 aliphatic heterocycles. The summed E-state index contributed by atoms with van der Waals surface area (Å²) in [6, 6.07) is 19.6. The molecule has 1 amide bonds. The standard InChI is InChI=1S/C22H22FN3OS/c1-26(2)20(16-8-6-9-17(23)14-16)15-25-21(27)19-12-7-13-24-22(19)28-18-10-4-3-5-11-18/h3-14,20H,15H2,1-2H3,(H,25,27)/t20-/m0/s1. The van der Waals surface area contributed by atoms with Crippen molar-refractivity contribution >= 4 is 17.7 Å². The van der Waals surface area contributed by atoms with Gasteiger partial charge in [0.1, 0.15) is 10.8 Å². The second-order valence-corrected chi connectivity index (χ2v) is 7.58. The lowest BCUT2D eigenvalue weighted by atomic mass is 10.1. The highest BCUT2D eigenvalue weighted by molar-refractivity contribution is 7.99. The second-order valence-electron chi connectivity index (χ2n) is 6.52. The van der Waals surface area contributed by atoms with E-state index in [0.717, 1.165) is 10.5 Å². The molecule has 144 valence electrons. The Balaban J connectivity index is 1.74. The minimum Gasteiger partial charge on any atom is -0.350 e. The summed E-state index contributed by atoms with van der Waals surface area (Å²) in [5, 5.41) is 3.62. The monoisotopic (exact) mass is 395 g/mol. The van der Waals surface area contributed by atoms with Gasteiger partial charge in [0.05, 0.1) is 11.6 Å². The van der Waals surface area contributed by atoms with Crippen LogP contribution in [0.15, 0.2) is 82.8 Å². The third kappa shape index (κ3) is 5.18. The van der Waals surface area contributed by atoms with E-state index in [2.05, 4.69) is 10.3 Å². The Hall–Kier alpha value is -2.70. The molecular formula is C22H22FN3OS. The normalized spacial score (nSPS) is 12.0. The summed E-state index contributed by atoms with van der Waals surface area (Å²) >= 11 is 1.45. The maximum atomic E-state index is 13.6. The molecule has 1 atom stereocenters. The zero-order valence-electron chi connectivity index (χ0n) is 15.8. The Morgan fingerprint density at radius 1 is 1.11 bits per heavy atom. The second kappa shape index (κ2) is 9.48. The van der Waals surface area contributed by atoms with Crippen LogP contribution in [0.1, 0.15) is 22.0 Å². The van der Waals surface area contributed by atoms with Gasteiger partial charge in [-0.2, -0.15) is 0 Å². The van der Waals surface area contributed by atoms with E-state index in [1.807, 2.05) is 55.4 Å². The van der Waals surface area contributed by atoms with Crippen LogP contribution >= 0.6 is 11.8 Å². The molecule has 0 saturated carbocycles. The predicted octanol–water partition coefficient (Wildman–Crippen LogP) is 4.40. The van der Waals surface area contributed by atoms with Gasteiger partial charge in [-0.05, 0) is 56.1 Å². The van der Waals surface area contributed by atoms with Crippen LogP contribution in [0.2, 0.25) is 0 Å². The molecule has 0 fully saturated rings. The fourth-order valence-corrected chi connectivity index (χ4v) is 3.74. The van der Waals surface area contributed by atoms with Crippen LogP contribution in [-0.4, -0.2) is 36.4 Å². The van der Waals surface area contributed by atoms with Gasteiger partial charge in [-0.15, -0.1) is 0 Å². The van der Waals surface area contributed by atoms with Crippen molar-refractivity contribution < 1.29 is 9.18 Å². The van der Waals surface area contributed by atoms with E-state index in [0.29, 0.717) is 17.1 Å². The number of benzene rings is 2. The molecule has 0 aliphatic rings. The predicted molar refractivity (Wildman–Crippen MR) is 110 cm³/mol. The Morgan fingerprint density at radius 2 is 1.89 bits per heavy atom. The van der Waals surface area contributed by atoms with Gasteiger partial charge in [-0.25, -0.2) is 9.37 Å². The van der Waals surface area contributed by atoms with E-state index in [-0.39, 0.29) is 17.8 Å². The molecule has 0 aliphatic carbocycles. The average molecular weight is 396 g/mol. The lowest BCUT2D eigenvalue weighted by Gasteiger charge is -2.25. The van der Waals surface area contributed by atoms with Crippen molar-refractivity contribution in [1.82, 2.24) is 15.2 Å². The van der Waals surface area contributed by atoms with E-state index < -0.39 is 0 Å². The molecule has 3 aromatic rings. The van der Waals surface area contributed by atoms with E-state index >= 15 is 0 Å². The van der Waals surface area contributed by atoms with E-state index in [1.54, 1.807) is 24.4 Å². The minimum absolute atomic E-state index is 0.137. The summed E-state index contributed by atoms with van der Waals surface area (Å²) in [6.45, 7) is 0.361. The molecule has 2 aromatic carbocycles. The Morgan fingerprint density at radius 3 is 2.61 bits per heavy atom. The van der Waals surface area contributed by atoms with Crippen molar-refractivity contribution in [3.05, 3.63) is 89.9 Å². The van der Waals surface area contributed by atoms with Crippen LogP contribution in [0, 0.1) is 5.82 Å². The molecule has 3 rings (SSSR count). The van der Waals surface area contributed by atoms with Crippen LogP contribution < -0.4 is 5.32 Å². The van der Waals surface area contributed by atoms with Crippen LogP contribution in [0.25, 0.3) is 0 Å². The third-order valence-corrected chi connectivity index (χ3v) is 5.31. The molecule has 0 radical (unpaired) electrons. The fraction of sp³-hybridized carbons (Fsp3) is 0.182. The Kier molecular flexibility index (Phi) is 6.79. The SMILES string of the molecule is CN(C)[C@@H](CNC(=O)c1cccnc1Sc1ccccc1)c1cccc(F)c1. The highest BCUT2D eigenvalue weighted by Crippen LogP contribution is 2.28. The largest absolute Gasteiger partial charge is 0.350 e. The number of amides is 1. The molecule has 4 nitrogen and oxygen atoms in total. The minimum atomic E-state index is -0.288. The summed E-state index contributed by atoms with van der Waals surface area (Å²) in [6.07, 6.45) is 1.68. The molecule has 0 spiro atoms. The maximum Gasteiger partial charge on any atom is 0.254 e. The van der Waals surface area contributed by atoms with Gasteiger partial charge in [0.15, 0.2) is 0 Å². The number of likely N-dealkylation sites (N-methyl/N-ethyl adjacent to an activating group) is 1. The maximum absolute atomic E-state index is 13.6. The van der Waals surface area contributed by atoms with E-state index in [4.69, 9.17) is 0 Å². The summed E-state index contributed by atoms with van der Waals surface area (Å²) in [7, 11) is 3.81. The van der Waals surface area contributed by atoms with Crippen LogP contribution in [-0.2, 0) is 0 Å². The average Bonchev–Trinajstić information content (AvgIpc) is 2.69. The topological polar surface area (TPSA) is 45.2 Å². The number of hydrogen-bond donors (Lipinski definition) is 1. The highest BCUT2D eigenvalue weighted by atomic mass is 32.2. The molecule has 0 bridgehead atoms. The Labute approximate surface area is 168 Å². The Bertz CT molecular complexity index is 934. The first kappa shape index (κ1) is 20.0. The molecule has 0 saturated heterocycles. The van der Waals surface area contributed by atoms with Crippen LogP contribution in [0.4, 0.5) is 4.39 Å². The number of aromatic nitrogens is 1. The van der Waals surface area contributed by atoms with Gasteiger partial charge in [-0.1, -0.05) is 42.1 Å². The molecule has 1 N–H and O–H groups in total.